The second kappa shape index (κ2) is 6.71. The average Bonchev–Trinajstić information content (AvgIpc) is 2.59. The molecule has 24 heavy (non-hydrogen) atoms. The first-order valence-electron chi connectivity index (χ1n) is 7.58. The molecule has 0 bridgehead atoms. The number of fused-ring (bicyclic) bond motifs is 1. The van der Waals surface area contributed by atoms with Gasteiger partial charge in [0.1, 0.15) is 5.82 Å². The van der Waals surface area contributed by atoms with Crippen molar-refractivity contribution in [2.45, 2.75) is 6.92 Å². The molecule has 0 aliphatic rings. The van der Waals surface area contributed by atoms with Crippen molar-refractivity contribution in [3.05, 3.63) is 65.2 Å². The zero-order chi connectivity index (χ0) is 17.1. The summed E-state index contributed by atoms with van der Waals surface area (Å²) in [4.78, 5) is 4.57. The van der Waals surface area contributed by atoms with Crippen LogP contribution in [0.4, 0.5) is 4.39 Å². The highest BCUT2D eigenvalue weighted by molar-refractivity contribution is 5.93. The summed E-state index contributed by atoms with van der Waals surface area (Å²) in [5, 5.41) is 1.92. The van der Waals surface area contributed by atoms with Gasteiger partial charge in [-0.05, 0) is 48.7 Å². The van der Waals surface area contributed by atoms with Crippen LogP contribution >= 0.6 is 0 Å². The first kappa shape index (κ1) is 16.0. The molecule has 1 heterocycles. The fourth-order valence-corrected chi connectivity index (χ4v) is 2.65. The van der Waals surface area contributed by atoms with Crippen molar-refractivity contribution in [2.75, 3.05) is 14.2 Å². The van der Waals surface area contributed by atoms with Crippen molar-refractivity contribution >= 4 is 22.9 Å². The smallest absolute Gasteiger partial charge is 0.161 e. The van der Waals surface area contributed by atoms with Crippen LogP contribution in [-0.4, -0.2) is 19.2 Å². The Kier molecular flexibility index (Phi) is 4.47. The molecule has 0 N–H and O–H groups in total. The number of pyridine rings is 1. The number of nitrogens with zero attached hydrogens (tertiary/aromatic N) is 1. The van der Waals surface area contributed by atoms with Crippen molar-refractivity contribution in [1.82, 2.24) is 4.98 Å². The highest BCUT2D eigenvalue weighted by atomic mass is 19.1. The minimum atomic E-state index is -0.259. The molecular formula is C20H18FNO2. The summed E-state index contributed by atoms with van der Waals surface area (Å²) in [5.41, 5.74) is 2.16. The van der Waals surface area contributed by atoms with E-state index in [1.165, 1.54) is 6.07 Å². The van der Waals surface area contributed by atoms with Gasteiger partial charge in [-0.3, -0.25) is 4.98 Å². The molecule has 0 spiro atoms. The summed E-state index contributed by atoms with van der Waals surface area (Å²) in [6, 6.07) is 12.4. The van der Waals surface area contributed by atoms with Gasteiger partial charge in [-0.1, -0.05) is 18.2 Å². The number of ether oxygens (including phenoxy) is 2. The van der Waals surface area contributed by atoms with Gasteiger partial charge in [0.05, 0.1) is 19.9 Å². The molecular weight excluding hydrogens is 305 g/mol. The van der Waals surface area contributed by atoms with Crippen LogP contribution in [0.25, 0.3) is 22.9 Å². The molecule has 3 rings (SSSR count). The summed E-state index contributed by atoms with van der Waals surface area (Å²) >= 11 is 0. The summed E-state index contributed by atoms with van der Waals surface area (Å²) in [7, 11) is 3.21. The van der Waals surface area contributed by atoms with Gasteiger partial charge in [0.25, 0.3) is 0 Å². The van der Waals surface area contributed by atoms with E-state index in [4.69, 9.17) is 9.47 Å². The fraction of sp³-hybridized carbons (Fsp3) is 0.150. The third-order valence-corrected chi connectivity index (χ3v) is 3.82. The first-order chi connectivity index (χ1) is 11.6. The highest BCUT2D eigenvalue weighted by Crippen LogP contribution is 2.34. The van der Waals surface area contributed by atoms with Crippen molar-refractivity contribution < 1.29 is 13.9 Å². The second-order valence-corrected chi connectivity index (χ2v) is 5.43. The number of hydrogen-bond donors (Lipinski definition) is 0. The van der Waals surface area contributed by atoms with E-state index in [2.05, 4.69) is 4.98 Å². The zero-order valence-electron chi connectivity index (χ0n) is 13.8. The molecule has 0 aliphatic heterocycles. The Morgan fingerprint density at radius 1 is 0.958 bits per heavy atom. The van der Waals surface area contributed by atoms with Crippen molar-refractivity contribution in [1.29, 1.82) is 0 Å². The molecule has 0 aliphatic carbocycles. The quantitative estimate of drug-likeness (QED) is 0.686. The second-order valence-electron chi connectivity index (χ2n) is 5.43. The van der Waals surface area contributed by atoms with Gasteiger partial charge in [-0.25, -0.2) is 4.39 Å². The van der Waals surface area contributed by atoms with Crippen LogP contribution in [-0.2, 0) is 0 Å². The van der Waals surface area contributed by atoms with E-state index in [0.717, 1.165) is 22.2 Å². The van der Waals surface area contributed by atoms with Gasteiger partial charge >= 0.3 is 0 Å². The van der Waals surface area contributed by atoms with Crippen LogP contribution in [0.3, 0.4) is 0 Å². The van der Waals surface area contributed by atoms with E-state index >= 15 is 0 Å². The van der Waals surface area contributed by atoms with E-state index in [1.54, 1.807) is 38.5 Å². The molecule has 4 heteroatoms. The number of halogens is 1. The predicted molar refractivity (Wildman–Crippen MR) is 94.9 cm³/mol. The lowest BCUT2D eigenvalue weighted by atomic mass is 10.1. The molecule has 1 aromatic heterocycles. The normalized spacial score (nSPS) is 11.2. The maximum atomic E-state index is 13.8. The SMILES string of the molecule is COc1cc2cc(C)nc(/C=C/c3ccccc3F)c2cc1OC. The molecule has 2 aromatic carbocycles. The average molecular weight is 323 g/mol. The maximum absolute atomic E-state index is 13.8. The Hall–Kier alpha value is -2.88. The van der Waals surface area contributed by atoms with Gasteiger partial charge in [-0.15, -0.1) is 0 Å². The largest absolute Gasteiger partial charge is 0.493 e. The summed E-state index contributed by atoms with van der Waals surface area (Å²) in [5.74, 6) is 1.04. The van der Waals surface area contributed by atoms with E-state index in [-0.39, 0.29) is 5.82 Å². The molecule has 122 valence electrons. The maximum Gasteiger partial charge on any atom is 0.161 e. The lowest BCUT2D eigenvalue weighted by Crippen LogP contribution is -1.94. The van der Waals surface area contributed by atoms with Crippen LogP contribution in [0.1, 0.15) is 17.0 Å². The third kappa shape index (κ3) is 3.08. The Balaban J connectivity index is 2.15. The molecule has 3 nitrogen and oxygen atoms in total. The molecule has 3 aromatic rings. The van der Waals surface area contributed by atoms with Gasteiger partial charge in [0.15, 0.2) is 11.5 Å². The van der Waals surface area contributed by atoms with Gasteiger partial charge in [0, 0.05) is 16.6 Å². The number of rotatable bonds is 4. The molecule has 0 unspecified atom stereocenters. The first-order valence-corrected chi connectivity index (χ1v) is 7.58. The molecule has 0 saturated carbocycles. The van der Waals surface area contributed by atoms with E-state index in [1.807, 2.05) is 31.2 Å². The molecule has 0 amide bonds. The lowest BCUT2D eigenvalue weighted by molar-refractivity contribution is 0.356. The molecule has 0 radical (unpaired) electrons. The third-order valence-electron chi connectivity index (χ3n) is 3.82. The summed E-state index contributed by atoms with van der Waals surface area (Å²) < 4.78 is 24.5. The number of hydrogen-bond acceptors (Lipinski definition) is 3. The minimum Gasteiger partial charge on any atom is -0.493 e. The van der Waals surface area contributed by atoms with Gasteiger partial charge in [-0.2, -0.15) is 0 Å². The zero-order valence-corrected chi connectivity index (χ0v) is 13.8. The standard InChI is InChI=1S/C20H18FNO2/c1-13-10-15-11-19(23-2)20(24-3)12-16(15)18(22-13)9-8-14-6-4-5-7-17(14)21/h4-12H,1-3H3/b9-8+. The van der Waals surface area contributed by atoms with E-state index in [0.29, 0.717) is 17.1 Å². The van der Waals surface area contributed by atoms with Crippen LogP contribution in [0, 0.1) is 12.7 Å². The number of methoxy groups -OCH3 is 2. The Labute approximate surface area is 140 Å². The summed E-state index contributed by atoms with van der Waals surface area (Å²) in [6.45, 7) is 1.93. The van der Waals surface area contributed by atoms with Crippen molar-refractivity contribution in [3.8, 4) is 11.5 Å². The van der Waals surface area contributed by atoms with Crippen LogP contribution < -0.4 is 9.47 Å². The van der Waals surface area contributed by atoms with Crippen molar-refractivity contribution in [3.63, 3.8) is 0 Å². The summed E-state index contributed by atoms with van der Waals surface area (Å²) in [6.07, 6.45) is 3.55. The molecule has 0 fully saturated rings. The highest BCUT2D eigenvalue weighted by Gasteiger charge is 2.10. The predicted octanol–water partition coefficient (Wildman–Crippen LogP) is 4.87. The van der Waals surface area contributed by atoms with E-state index < -0.39 is 0 Å². The minimum absolute atomic E-state index is 0.259. The Morgan fingerprint density at radius 2 is 1.67 bits per heavy atom. The van der Waals surface area contributed by atoms with Gasteiger partial charge in [0.2, 0.25) is 0 Å². The number of benzene rings is 2. The van der Waals surface area contributed by atoms with Crippen molar-refractivity contribution in [2.24, 2.45) is 0 Å². The Morgan fingerprint density at radius 3 is 2.38 bits per heavy atom. The molecule has 0 saturated heterocycles. The van der Waals surface area contributed by atoms with E-state index in [9.17, 15) is 4.39 Å². The topological polar surface area (TPSA) is 31.4 Å². The van der Waals surface area contributed by atoms with Gasteiger partial charge < -0.3 is 9.47 Å². The monoisotopic (exact) mass is 323 g/mol. The van der Waals surface area contributed by atoms with Crippen LogP contribution in [0.5, 0.6) is 11.5 Å². The number of aromatic nitrogens is 1. The van der Waals surface area contributed by atoms with Crippen LogP contribution in [0.2, 0.25) is 0 Å². The Bertz CT molecular complexity index is 919. The lowest BCUT2D eigenvalue weighted by Gasteiger charge is -2.11. The van der Waals surface area contributed by atoms with Crippen LogP contribution in [0.15, 0.2) is 42.5 Å². The number of aryl methyl sites for hydroxylation is 1. The fourth-order valence-electron chi connectivity index (χ4n) is 2.65. The molecule has 0 atom stereocenters.